The van der Waals surface area contributed by atoms with Crippen LogP contribution in [0.25, 0.3) is 0 Å². The van der Waals surface area contributed by atoms with Crippen LogP contribution in [-0.4, -0.2) is 5.91 Å². The first-order valence-electron chi connectivity index (χ1n) is 4.97. The lowest BCUT2D eigenvalue weighted by atomic mass is 10.1. The van der Waals surface area contributed by atoms with Crippen LogP contribution in [0.3, 0.4) is 0 Å². The number of benzene rings is 1. The van der Waals surface area contributed by atoms with Crippen molar-refractivity contribution in [3.63, 3.8) is 0 Å². The fraction of sp³-hybridized carbons (Fsp3) is 0.250. The second-order valence-electron chi connectivity index (χ2n) is 3.46. The van der Waals surface area contributed by atoms with E-state index < -0.39 is 11.7 Å². The number of rotatable bonds is 4. The number of halogens is 3. The molecule has 0 aromatic heterocycles. The van der Waals surface area contributed by atoms with Crippen molar-refractivity contribution in [3.8, 4) is 0 Å². The summed E-state index contributed by atoms with van der Waals surface area (Å²) in [6, 6.07) is 4.68. The minimum Gasteiger partial charge on any atom is -0.352 e. The van der Waals surface area contributed by atoms with Crippen molar-refractivity contribution < 1.29 is 18.0 Å². The van der Waals surface area contributed by atoms with E-state index in [0.717, 1.165) is 12.1 Å². The van der Waals surface area contributed by atoms with Gasteiger partial charge in [0.15, 0.2) is 0 Å². The maximum absolute atomic E-state index is 12.3. The van der Waals surface area contributed by atoms with Crippen LogP contribution in [0, 0.1) is 0 Å². The van der Waals surface area contributed by atoms with Crippen molar-refractivity contribution in [1.29, 1.82) is 0 Å². The van der Waals surface area contributed by atoms with Crippen molar-refractivity contribution in [1.82, 2.24) is 5.32 Å². The van der Waals surface area contributed by atoms with Crippen molar-refractivity contribution in [3.05, 3.63) is 48.0 Å². The smallest absolute Gasteiger partial charge is 0.352 e. The maximum atomic E-state index is 12.3. The highest BCUT2D eigenvalue weighted by Gasteiger charge is 2.29. The Hall–Kier alpha value is -1.78. The SMILES string of the molecule is C=CCC(=O)NCc1ccc(C(F)(F)F)cc1. The molecule has 1 N–H and O–H groups in total. The molecule has 0 fully saturated rings. The van der Waals surface area contributed by atoms with Crippen molar-refractivity contribution in [2.24, 2.45) is 0 Å². The van der Waals surface area contributed by atoms with Gasteiger partial charge in [0, 0.05) is 13.0 Å². The molecule has 0 aliphatic heterocycles. The Kier molecular flexibility index (Phi) is 4.31. The molecular weight excluding hydrogens is 231 g/mol. The molecule has 1 rings (SSSR count). The summed E-state index contributed by atoms with van der Waals surface area (Å²) < 4.78 is 36.8. The molecule has 0 atom stereocenters. The molecule has 0 bridgehead atoms. The van der Waals surface area contributed by atoms with Gasteiger partial charge in [-0.15, -0.1) is 6.58 Å². The summed E-state index contributed by atoms with van der Waals surface area (Å²) in [6.07, 6.45) is -2.67. The van der Waals surface area contributed by atoms with E-state index in [2.05, 4.69) is 11.9 Å². The Labute approximate surface area is 97.1 Å². The molecule has 0 radical (unpaired) electrons. The van der Waals surface area contributed by atoms with Crippen LogP contribution >= 0.6 is 0 Å². The van der Waals surface area contributed by atoms with Crippen molar-refractivity contribution in [2.75, 3.05) is 0 Å². The minimum absolute atomic E-state index is 0.195. The highest BCUT2D eigenvalue weighted by molar-refractivity contribution is 5.77. The predicted octanol–water partition coefficient (Wildman–Crippen LogP) is 2.90. The Morgan fingerprint density at radius 3 is 2.35 bits per heavy atom. The van der Waals surface area contributed by atoms with E-state index in [1.165, 1.54) is 18.2 Å². The van der Waals surface area contributed by atoms with Crippen LogP contribution in [0.15, 0.2) is 36.9 Å². The molecule has 1 aromatic carbocycles. The third-order valence-corrected chi connectivity index (χ3v) is 2.10. The summed E-state index contributed by atoms with van der Waals surface area (Å²) in [5.74, 6) is -0.208. The largest absolute Gasteiger partial charge is 0.416 e. The fourth-order valence-electron chi connectivity index (χ4n) is 1.22. The summed E-state index contributed by atoms with van der Waals surface area (Å²) in [4.78, 5) is 11.1. The summed E-state index contributed by atoms with van der Waals surface area (Å²) in [5.41, 5.74) is -0.0749. The average Bonchev–Trinajstić information content (AvgIpc) is 2.26. The van der Waals surface area contributed by atoms with Crippen LogP contribution < -0.4 is 5.32 Å². The van der Waals surface area contributed by atoms with Crippen LogP contribution in [0.5, 0.6) is 0 Å². The van der Waals surface area contributed by atoms with Crippen LogP contribution in [0.4, 0.5) is 13.2 Å². The highest BCUT2D eigenvalue weighted by atomic mass is 19.4. The first-order chi connectivity index (χ1) is 7.93. The zero-order chi connectivity index (χ0) is 12.9. The lowest BCUT2D eigenvalue weighted by Gasteiger charge is -2.08. The third kappa shape index (κ3) is 4.30. The summed E-state index contributed by atoms with van der Waals surface area (Å²) >= 11 is 0. The number of alkyl halides is 3. The number of hydrogen-bond donors (Lipinski definition) is 1. The molecule has 0 saturated heterocycles. The zero-order valence-electron chi connectivity index (χ0n) is 9.05. The van der Waals surface area contributed by atoms with Gasteiger partial charge in [0.2, 0.25) is 5.91 Å². The van der Waals surface area contributed by atoms with Gasteiger partial charge in [-0.3, -0.25) is 4.79 Å². The molecule has 0 heterocycles. The normalized spacial score (nSPS) is 11.0. The first kappa shape index (κ1) is 13.3. The van der Waals surface area contributed by atoms with Crippen LogP contribution in [0.1, 0.15) is 17.5 Å². The fourth-order valence-corrected chi connectivity index (χ4v) is 1.22. The second kappa shape index (κ2) is 5.52. The molecule has 5 heteroatoms. The molecular formula is C12H12F3NO. The Balaban J connectivity index is 2.57. The molecule has 0 aliphatic carbocycles. The van der Waals surface area contributed by atoms with E-state index in [9.17, 15) is 18.0 Å². The Morgan fingerprint density at radius 1 is 1.29 bits per heavy atom. The van der Waals surface area contributed by atoms with E-state index in [4.69, 9.17) is 0 Å². The molecule has 0 saturated carbocycles. The highest BCUT2D eigenvalue weighted by Crippen LogP contribution is 2.28. The summed E-state index contributed by atoms with van der Waals surface area (Å²) in [7, 11) is 0. The minimum atomic E-state index is -4.33. The molecule has 2 nitrogen and oxygen atoms in total. The van der Waals surface area contributed by atoms with Gasteiger partial charge >= 0.3 is 6.18 Å². The van der Waals surface area contributed by atoms with E-state index in [1.807, 2.05) is 0 Å². The molecule has 92 valence electrons. The number of carbonyl (C=O) groups is 1. The average molecular weight is 243 g/mol. The molecule has 1 amide bonds. The quantitative estimate of drug-likeness (QED) is 0.809. The topological polar surface area (TPSA) is 29.1 Å². The van der Waals surface area contributed by atoms with Crippen LogP contribution in [0.2, 0.25) is 0 Å². The monoisotopic (exact) mass is 243 g/mol. The number of amides is 1. The molecule has 0 unspecified atom stereocenters. The van der Waals surface area contributed by atoms with E-state index in [1.54, 1.807) is 0 Å². The van der Waals surface area contributed by atoms with Gasteiger partial charge < -0.3 is 5.32 Å². The third-order valence-electron chi connectivity index (χ3n) is 2.10. The summed E-state index contributed by atoms with van der Waals surface area (Å²) in [5, 5.41) is 2.57. The molecule has 0 aliphatic rings. The Bertz CT molecular complexity index is 395. The molecule has 17 heavy (non-hydrogen) atoms. The number of hydrogen-bond acceptors (Lipinski definition) is 1. The second-order valence-corrected chi connectivity index (χ2v) is 3.46. The van der Waals surface area contributed by atoms with E-state index >= 15 is 0 Å². The first-order valence-corrected chi connectivity index (χ1v) is 4.97. The lowest BCUT2D eigenvalue weighted by molar-refractivity contribution is -0.137. The number of carbonyl (C=O) groups excluding carboxylic acids is 1. The van der Waals surface area contributed by atoms with Gasteiger partial charge in [0.1, 0.15) is 0 Å². The van der Waals surface area contributed by atoms with Gasteiger partial charge in [-0.05, 0) is 17.7 Å². The van der Waals surface area contributed by atoms with Gasteiger partial charge in [-0.1, -0.05) is 18.2 Å². The standard InChI is InChI=1S/C12H12F3NO/c1-2-3-11(17)16-8-9-4-6-10(7-5-9)12(13,14)15/h2,4-7H,1,3,8H2,(H,16,17). The van der Waals surface area contributed by atoms with Gasteiger partial charge in [0.25, 0.3) is 0 Å². The van der Waals surface area contributed by atoms with Gasteiger partial charge in [-0.2, -0.15) is 13.2 Å². The predicted molar refractivity (Wildman–Crippen MR) is 58.1 cm³/mol. The zero-order valence-corrected chi connectivity index (χ0v) is 9.05. The number of nitrogens with one attached hydrogen (secondary N) is 1. The maximum Gasteiger partial charge on any atom is 0.416 e. The molecule has 0 spiro atoms. The van der Waals surface area contributed by atoms with Crippen LogP contribution in [-0.2, 0) is 17.5 Å². The van der Waals surface area contributed by atoms with Gasteiger partial charge in [-0.25, -0.2) is 0 Å². The van der Waals surface area contributed by atoms with Crippen molar-refractivity contribution in [2.45, 2.75) is 19.1 Å². The van der Waals surface area contributed by atoms with Crippen molar-refractivity contribution >= 4 is 5.91 Å². The lowest BCUT2D eigenvalue weighted by Crippen LogP contribution is -2.21. The van der Waals surface area contributed by atoms with Gasteiger partial charge in [0.05, 0.1) is 5.56 Å². The van der Waals surface area contributed by atoms with E-state index in [-0.39, 0.29) is 18.9 Å². The summed E-state index contributed by atoms with van der Waals surface area (Å²) in [6.45, 7) is 3.62. The Morgan fingerprint density at radius 2 is 1.88 bits per heavy atom. The molecule has 1 aromatic rings. The van der Waals surface area contributed by atoms with E-state index in [0.29, 0.717) is 5.56 Å².